The molecule has 0 saturated carbocycles. The lowest BCUT2D eigenvalue weighted by atomic mass is 10.2. The molecular formula is C16H14ClN3O3. The molecule has 0 radical (unpaired) electrons. The van der Waals surface area contributed by atoms with E-state index in [2.05, 4.69) is 15.8 Å². The number of nitrogens with zero attached hydrogens (tertiary/aromatic N) is 1. The standard InChI is InChI=1S/C16H14ClN3O3/c1-23-14-7-5-13(6-8-14)19-15(21)16(22)20-18-10-11-3-2-4-12(17)9-11/h2-10H,1H3,(H,19,21)(H,20,22)/b18-10-. The number of carbonyl (C=O) groups is 2. The van der Waals surface area contributed by atoms with Gasteiger partial charge in [0, 0.05) is 10.7 Å². The third-order valence-electron chi connectivity index (χ3n) is 2.78. The maximum Gasteiger partial charge on any atom is 0.329 e. The second-order valence-corrected chi connectivity index (χ2v) is 4.87. The van der Waals surface area contributed by atoms with Crippen molar-refractivity contribution < 1.29 is 14.3 Å². The number of carbonyl (C=O) groups excluding carboxylic acids is 2. The summed E-state index contributed by atoms with van der Waals surface area (Å²) in [6.45, 7) is 0. The van der Waals surface area contributed by atoms with Gasteiger partial charge in [0.1, 0.15) is 5.75 Å². The molecule has 0 atom stereocenters. The van der Waals surface area contributed by atoms with E-state index in [0.29, 0.717) is 22.0 Å². The van der Waals surface area contributed by atoms with Crippen molar-refractivity contribution in [1.82, 2.24) is 5.43 Å². The minimum absolute atomic E-state index is 0.477. The van der Waals surface area contributed by atoms with Crippen LogP contribution in [0.5, 0.6) is 5.75 Å². The predicted octanol–water partition coefficient (Wildman–Crippen LogP) is 2.44. The summed E-state index contributed by atoms with van der Waals surface area (Å²) in [7, 11) is 1.54. The molecule has 0 aliphatic rings. The Morgan fingerprint density at radius 1 is 1.13 bits per heavy atom. The molecule has 2 aromatic rings. The van der Waals surface area contributed by atoms with Crippen molar-refractivity contribution >= 4 is 35.3 Å². The molecule has 2 rings (SSSR count). The number of nitrogens with one attached hydrogen (secondary N) is 2. The number of amides is 2. The first-order valence-corrected chi connectivity index (χ1v) is 7.00. The molecule has 2 amide bonds. The van der Waals surface area contributed by atoms with Gasteiger partial charge in [-0.05, 0) is 42.0 Å². The van der Waals surface area contributed by atoms with Crippen LogP contribution in [-0.2, 0) is 9.59 Å². The van der Waals surface area contributed by atoms with Crippen molar-refractivity contribution in [1.29, 1.82) is 0 Å². The second kappa shape index (κ2) is 7.95. The van der Waals surface area contributed by atoms with Gasteiger partial charge in [-0.25, -0.2) is 5.43 Å². The molecule has 0 aliphatic heterocycles. The number of anilines is 1. The van der Waals surface area contributed by atoms with E-state index in [1.165, 1.54) is 6.21 Å². The molecular weight excluding hydrogens is 318 g/mol. The molecule has 118 valence electrons. The van der Waals surface area contributed by atoms with Crippen LogP contribution in [-0.4, -0.2) is 25.1 Å². The number of hydrogen-bond acceptors (Lipinski definition) is 4. The second-order valence-electron chi connectivity index (χ2n) is 4.44. The number of ether oxygens (including phenoxy) is 1. The van der Waals surface area contributed by atoms with E-state index in [1.54, 1.807) is 55.6 Å². The lowest BCUT2D eigenvalue weighted by Gasteiger charge is -2.05. The van der Waals surface area contributed by atoms with Gasteiger partial charge >= 0.3 is 11.8 Å². The fourth-order valence-electron chi connectivity index (χ4n) is 1.67. The number of rotatable bonds is 4. The molecule has 0 fully saturated rings. The Morgan fingerprint density at radius 2 is 1.87 bits per heavy atom. The van der Waals surface area contributed by atoms with Crippen LogP contribution < -0.4 is 15.5 Å². The summed E-state index contributed by atoms with van der Waals surface area (Å²) in [5, 5.41) is 6.71. The first kappa shape index (κ1) is 16.5. The van der Waals surface area contributed by atoms with Crippen LogP contribution in [0.3, 0.4) is 0 Å². The number of halogens is 1. The molecule has 0 saturated heterocycles. The zero-order valence-corrected chi connectivity index (χ0v) is 13.0. The van der Waals surface area contributed by atoms with Gasteiger partial charge in [-0.15, -0.1) is 0 Å². The molecule has 23 heavy (non-hydrogen) atoms. The van der Waals surface area contributed by atoms with E-state index >= 15 is 0 Å². The monoisotopic (exact) mass is 331 g/mol. The average Bonchev–Trinajstić information content (AvgIpc) is 2.55. The summed E-state index contributed by atoms with van der Waals surface area (Å²) in [4.78, 5) is 23.4. The van der Waals surface area contributed by atoms with Gasteiger partial charge in [0.15, 0.2) is 0 Å². The summed E-state index contributed by atoms with van der Waals surface area (Å²) < 4.78 is 5.00. The highest BCUT2D eigenvalue weighted by Gasteiger charge is 2.12. The lowest BCUT2D eigenvalue weighted by Crippen LogP contribution is -2.32. The largest absolute Gasteiger partial charge is 0.497 e. The summed E-state index contributed by atoms with van der Waals surface area (Å²) in [6.07, 6.45) is 1.39. The highest BCUT2D eigenvalue weighted by molar-refractivity contribution is 6.39. The Kier molecular flexibility index (Phi) is 5.71. The molecule has 0 bridgehead atoms. The number of methoxy groups -OCH3 is 1. The van der Waals surface area contributed by atoms with E-state index in [0.717, 1.165) is 0 Å². The smallest absolute Gasteiger partial charge is 0.329 e. The Hall–Kier alpha value is -2.86. The maximum atomic E-state index is 11.7. The molecule has 0 spiro atoms. The van der Waals surface area contributed by atoms with Gasteiger partial charge in [-0.2, -0.15) is 5.10 Å². The zero-order valence-electron chi connectivity index (χ0n) is 12.2. The first-order chi connectivity index (χ1) is 11.1. The maximum absolute atomic E-state index is 11.7. The summed E-state index contributed by atoms with van der Waals surface area (Å²) in [6, 6.07) is 13.5. The van der Waals surface area contributed by atoms with Crippen molar-refractivity contribution in [2.45, 2.75) is 0 Å². The molecule has 7 heteroatoms. The Labute approximate surface area is 138 Å². The van der Waals surface area contributed by atoms with Crippen LogP contribution in [0.1, 0.15) is 5.56 Å². The van der Waals surface area contributed by atoms with E-state index < -0.39 is 11.8 Å². The lowest BCUT2D eigenvalue weighted by molar-refractivity contribution is -0.136. The molecule has 0 unspecified atom stereocenters. The number of benzene rings is 2. The van der Waals surface area contributed by atoms with Gasteiger partial charge in [0.05, 0.1) is 13.3 Å². The van der Waals surface area contributed by atoms with Gasteiger partial charge in [-0.1, -0.05) is 23.7 Å². The minimum atomic E-state index is -0.876. The third kappa shape index (κ3) is 5.12. The van der Waals surface area contributed by atoms with Crippen molar-refractivity contribution in [3.63, 3.8) is 0 Å². The van der Waals surface area contributed by atoms with Crippen molar-refractivity contribution in [2.24, 2.45) is 5.10 Å². The molecule has 0 aliphatic carbocycles. The van der Waals surface area contributed by atoms with E-state index in [1.807, 2.05) is 0 Å². The van der Waals surface area contributed by atoms with E-state index in [9.17, 15) is 9.59 Å². The van der Waals surface area contributed by atoms with Crippen LogP contribution in [0.4, 0.5) is 5.69 Å². The fraction of sp³-hybridized carbons (Fsp3) is 0.0625. The van der Waals surface area contributed by atoms with Crippen LogP contribution in [0, 0.1) is 0 Å². The Balaban J connectivity index is 1.88. The minimum Gasteiger partial charge on any atom is -0.497 e. The van der Waals surface area contributed by atoms with Crippen LogP contribution in [0.2, 0.25) is 5.02 Å². The topological polar surface area (TPSA) is 79.8 Å². The average molecular weight is 332 g/mol. The highest BCUT2D eigenvalue weighted by Crippen LogP contribution is 2.14. The zero-order chi connectivity index (χ0) is 16.7. The van der Waals surface area contributed by atoms with Gasteiger partial charge in [0.2, 0.25) is 0 Å². The Bertz CT molecular complexity index is 730. The molecule has 0 heterocycles. The normalized spacial score (nSPS) is 10.3. The predicted molar refractivity (Wildman–Crippen MR) is 88.8 cm³/mol. The van der Waals surface area contributed by atoms with E-state index in [-0.39, 0.29) is 0 Å². The Morgan fingerprint density at radius 3 is 2.52 bits per heavy atom. The summed E-state index contributed by atoms with van der Waals surface area (Å²) >= 11 is 5.83. The first-order valence-electron chi connectivity index (χ1n) is 6.62. The number of hydrazone groups is 1. The van der Waals surface area contributed by atoms with Crippen LogP contribution in [0.15, 0.2) is 53.6 Å². The summed E-state index contributed by atoms with van der Waals surface area (Å²) in [5.41, 5.74) is 3.32. The van der Waals surface area contributed by atoms with Crippen molar-refractivity contribution in [3.05, 3.63) is 59.1 Å². The van der Waals surface area contributed by atoms with Crippen molar-refractivity contribution in [3.8, 4) is 5.75 Å². The molecule has 2 N–H and O–H groups in total. The van der Waals surface area contributed by atoms with Gasteiger partial charge < -0.3 is 10.1 Å². The fourth-order valence-corrected chi connectivity index (χ4v) is 1.86. The quantitative estimate of drug-likeness (QED) is 0.513. The molecule has 0 aromatic heterocycles. The van der Waals surface area contributed by atoms with Crippen LogP contribution in [0.25, 0.3) is 0 Å². The highest BCUT2D eigenvalue weighted by atomic mass is 35.5. The van der Waals surface area contributed by atoms with Gasteiger partial charge in [0.25, 0.3) is 0 Å². The molecule has 6 nitrogen and oxygen atoms in total. The SMILES string of the molecule is COc1ccc(NC(=O)C(=O)N/N=C\c2cccc(Cl)c2)cc1. The summed E-state index contributed by atoms with van der Waals surface area (Å²) in [5.74, 6) is -1.05. The third-order valence-corrected chi connectivity index (χ3v) is 3.02. The van der Waals surface area contributed by atoms with E-state index in [4.69, 9.17) is 16.3 Å². The van der Waals surface area contributed by atoms with Gasteiger partial charge in [-0.3, -0.25) is 9.59 Å². The molecule has 2 aromatic carbocycles. The van der Waals surface area contributed by atoms with Crippen LogP contribution >= 0.6 is 11.6 Å². The van der Waals surface area contributed by atoms with Crippen molar-refractivity contribution in [2.75, 3.05) is 12.4 Å². The number of hydrogen-bond donors (Lipinski definition) is 2.